The zero-order valence-electron chi connectivity index (χ0n) is 9.82. The Balaban J connectivity index is 2.82. The summed E-state index contributed by atoms with van der Waals surface area (Å²) in [5.74, 6) is 0. The Kier molecular flexibility index (Phi) is 6.50. The summed E-state index contributed by atoms with van der Waals surface area (Å²) in [5, 5.41) is 8.08. The second-order valence-electron chi connectivity index (χ2n) is 3.32. The van der Waals surface area contributed by atoms with Gasteiger partial charge in [0.25, 0.3) is 0 Å². The molecule has 0 aliphatic heterocycles. The second-order valence-corrected chi connectivity index (χ2v) is 4.06. The van der Waals surface area contributed by atoms with Crippen molar-refractivity contribution in [2.45, 2.75) is 0 Å². The minimum atomic E-state index is 0.309. The first-order chi connectivity index (χ1) is 8.19. The van der Waals surface area contributed by atoms with Crippen molar-refractivity contribution in [1.29, 1.82) is 0 Å². The second kappa shape index (κ2) is 7.66. The molecule has 1 rings (SSSR count). The van der Waals surface area contributed by atoms with Gasteiger partial charge in [0, 0.05) is 33.4 Å². The molecule has 0 spiro atoms. The lowest BCUT2D eigenvalue weighted by Gasteiger charge is -2.24. The third-order valence-electron chi connectivity index (χ3n) is 2.17. The van der Waals surface area contributed by atoms with Gasteiger partial charge in [-0.25, -0.2) is 0 Å². The van der Waals surface area contributed by atoms with Crippen molar-refractivity contribution < 1.29 is 9.47 Å². The van der Waals surface area contributed by atoms with Crippen molar-refractivity contribution in [2.24, 2.45) is 0 Å². The highest BCUT2D eigenvalue weighted by Crippen LogP contribution is 2.24. The molecule has 0 aromatic carbocycles. The van der Waals surface area contributed by atoms with Crippen molar-refractivity contribution in [2.75, 3.05) is 45.4 Å². The smallest absolute Gasteiger partial charge is 0.175 e. The predicted molar refractivity (Wildman–Crippen MR) is 68.0 cm³/mol. The van der Waals surface area contributed by atoms with Crippen LogP contribution >= 0.6 is 23.2 Å². The number of halogens is 2. The molecule has 1 aromatic heterocycles. The largest absolute Gasteiger partial charge is 0.383 e. The zero-order valence-corrected chi connectivity index (χ0v) is 11.3. The molecule has 0 aliphatic rings. The summed E-state index contributed by atoms with van der Waals surface area (Å²) in [6, 6.07) is 1.68. The molecule has 0 N–H and O–H groups in total. The molecule has 7 heteroatoms. The summed E-state index contributed by atoms with van der Waals surface area (Å²) in [4.78, 5) is 2.00. The average molecular weight is 280 g/mol. The van der Waals surface area contributed by atoms with E-state index in [1.54, 1.807) is 20.3 Å². The van der Waals surface area contributed by atoms with Crippen molar-refractivity contribution in [1.82, 2.24) is 10.2 Å². The highest BCUT2D eigenvalue weighted by atomic mass is 35.5. The lowest BCUT2D eigenvalue weighted by Crippen LogP contribution is -2.31. The molecule has 5 nitrogen and oxygen atoms in total. The van der Waals surface area contributed by atoms with Crippen LogP contribution in [0.3, 0.4) is 0 Å². The first-order valence-corrected chi connectivity index (χ1v) is 5.86. The number of aromatic nitrogens is 2. The fourth-order valence-corrected chi connectivity index (χ4v) is 1.67. The lowest BCUT2D eigenvalue weighted by molar-refractivity contribution is 0.190. The van der Waals surface area contributed by atoms with Gasteiger partial charge in [0.05, 0.1) is 18.9 Å². The van der Waals surface area contributed by atoms with Gasteiger partial charge in [0.2, 0.25) is 0 Å². The van der Waals surface area contributed by atoms with Gasteiger partial charge in [-0.1, -0.05) is 23.2 Å². The number of hydrogen-bond acceptors (Lipinski definition) is 5. The van der Waals surface area contributed by atoms with Crippen LogP contribution in [0.4, 0.5) is 5.69 Å². The van der Waals surface area contributed by atoms with Gasteiger partial charge >= 0.3 is 0 Å². The number of anilines is 1. The van der Waals surface area contributed by atoms with E-state index in [0.29, 0.717) is 36.6 Å². The van der Waals surface area contributed by atoms with Crippen LogP contribution in [0.15, 0.2) is 6.07 Å². The van der Waals surface area contributed by atoms with Crippen LogP contribution in [0.5, 0.6) is 0 Å². The van der Waals surface area contributed by atoms with E-state index in [0.717, 1.165) is 5.69 Å². The molecule has 0 amide bonds. The van der Waals surface area contributed by atoms with Crippen LogP contribution in [-0.4, -0.2) is 50.7 Å². The van der Waals surface area contributed by atoms with E-state index < -0.39 is 0 Å². The fourth-order valence-electron chi connectivity index (χ4n) is 1.32. The molecule has 0 atom stereocenters. The molecule has 1 heterocycles. The SMILES string of the molecule is COCCN(CCOC)c1cc(Cl)nnc1Cl. The average Bonchev–Trinajstić information content (AvgIpc) is 2.33. The van der Waals surface area contributed by atoms with E-state index in [4.69, 9.17) is 32.7 Å². The summed E-state index contributed by atoms with van der Waals surface area (Å²) in [6.45, 7) is 2.53. The van der Waals surface area contributed by atoms with Crippen molar-refractivity contribution >= 4 is 28.9 Å². The Labute approximate surface area is 111 Å². The Morgan fingerprint density at radius 2 is 1.71 bits per heavy atom. The lowest BCUT2D eigenvalue weighted by atomic mass is 10.3. The Bertz CT molecular complexity index is 344. The number of rotatable bonds is 7. The third-order valence-corrected chi connectivity index (χ3v) is 2.63. The Morgan fingerprint density at radius 3 is 2.24 bits per heavy atom. The number of methoxy groups -OCH3 is 2. The summed E-state index contributed by atoms with van der Waals surface area (Å²) in [7, 11) is 3.29. The van der Waals surface area contributed by atoms with Crippen LogP contribution in [-0.2, 0) is 9.47 Å². The van der Waals surface area contributed by atoms with Crippen LogP contribution in [0.1, 0.15) is 0 Å². The first kappa shape index (κ1) is 14.4. The molecule has 0 bridgehead atoms. The van der Waals surface area contributed by atoms with Gasteiger partial charge in [-0.05, 0) is 0 Å². The maximum Gasteiger partial charge on any atom is 0.175 e. The summed E-state index contributed by atoms with van der Waals surface area (Å²) in [6.07, 6.45) is 0. The molecular formula is C10H15Cl2N3O2. The number of nitrogens with zero attached hydrogens (tertiary/aromatic N) is 3. The van der Waals surface area contributed by atoms with Gasteiger partial charge in [0.15, 0.2) is 10.3 Å². The van der Waals surface area contributed by atoms with Crippen molar-refractivity contribution in [3.8, 4) is 0 Å². The molecule has 0 aliphatic carbocycles. The monoisotopic (exact) mass is 279 g/mol. The van der Waals surface area contributed by atoms with E-state index in [9.17, 15) is 0 Å². The van der Waals surface area contributed by atoms with E-state index in [1.165, 1.54) is 0 Å². The third kappa shape index (κ3) is 4.63. The Morgan fingerprint density at radius 1 is 1.12 bits per heavy atom. The molecule has 17 heavy (non-hydrogen) atoms. The maximum atomic E-state index is 5.99. The first-order valence-electron chi connectivity index (χ1n) is 5.10. The topological polar surface area (TPSA) is 47.5 Å². The molecule has 0 unspecified atom stereocenters. The van der Waals surface area contributed by atoms with E-state index in [-0.39, 0.29) is 0 Å². The van der Waals surface area contributed by atoms with E-state index >= 15 is 0 Å². The number of hydrogen-bond donors (Lipinski definition) is 0. The van der Waals surface area contributed by atoms with Crippen LogP contribution < -0.4 is 4.90 Å². The van der Waals surface area contributed by atoms with E-state index in [1.807, 2.05) is 4.90 Å². The van der Waals surface area contributed by atoms with Crippen LogP contribution in [0, 0.1) is 0 Å². The molecular weight excluding hydrogens is 265 g/mol. The predicted octanol–water partition coefficient (Wildman–Crippen LogP) is 1.88. The van der Waals surface area contributed by atoms with Crippen LogP contribution in [0.2, 0.25) is 10.3 Å². The van der Waals surface area contributed by atoms with Gasteiger partial charge in [-0.15, -0.1) is 10.2 Å². The van der Waals surface area contributed by atoms with Gasteiger partial charge in [-0.3, -0.25) is 0 Å². The molecule has 1 aromatic rings. The molecule has 0 radical (unpaired) electrons. The number of ether oxygens (including phenoxy) is 2. The van der Waals surface area contributed by atoms with Crippen molar-refractivity contribution in [3.05, 3.63) is 16.4 Å². The van der Waals surface area contributed by atoms with Gasteiger partial charge in [-0.2, -0.15) is 0 Å². The van der Waals surface area contributed by atoms with Crippen LogP contribution in [0.25, 0.3) is 0 Å². The van der Waals surface area contributed by atoms with Gasteiger partial charge < -0.3 is 14.4 Å². The zero-order chi connectivity index (χ0) is 12.7. The molecule has 0 fully saturated rings. The molecule has 96 valence electrons. The maximum absolute atomic E-state index is 5.99. The quantitative estimate of drug-likeness (QED) is 0.763. The summed E-state index contributed by atoms with van der Waals surface area (Å²) < 4.78 is 10.1. The van der Waals surface area contributed by atoms with Crippen molar-refractivity contribution in [3.63, 3.8) is 0 Å². The summed E-state index contributed by atoms with van der Waals surface area (Å²) >= 11 is 11.8. The fraction of sp³-hybridized carbons (Fsp3) is 0.600. The minimum Gasteiger partial charge on any atom is -0.383 e. The summed E-state index contributed by atoms with van der Waals surface area (Å²) in [5.41, 5.74) is 0.737. The minimum absolute atomic E-state index is 0.309. The standard InChI is InChI=1S/C10H15Cl2N3O2/c1-16-5-3-15(4-6-17-2)8-7-9(11)13-14-10(8)12/h7H,3-6H2,1-2H3. The normalized spacial score (nSPS) is 10.6. The highest BCUT2D eigenvalue weighted by molar-refractivity contribution is 6.33. The van der Waals surface area contributed by atoms with E-state index in [2.05, 4.69) is 10.2 Å². The molecule has 0 saturated heterocycles. The van der Waals surface area contributed by atoms with Gasteiger partial charge in [0.1, 0.15) is 0 Å². The Hall–Kier alpha value is -0.620. The highest BCUT2D eigenvalue weighted by Gasteiger charge is 2.12. The molecule has 0 saturated carbocycles.